The molecule has 2 N–H and O–H groups in total. The lowest BCUT2D eigenvalue weighted by Crippen LogP contribution is -2.51. The SMILES string of the molecule is C[C@@H]1c2ccccc2CN(CC(=O)O)C(=O)[C@@H]1NC(=O)OC(C)(C)C. The Bertz CT molecular complexity index is 680. The summed E-state index contributed by atoms with van der Waals surface area (Å²) < 4.78 is 5.25. The van der Waals surface area contributed by atoms with Crippen molar-refractivity contribution in [3.63, 3.8) is 0 Å². The van der Waals surface area contributed by atoms with Crippen LogP contribution in [-0.4, -0.2) is 46.2 Å². The van der Waals surface area contributed by atoms with Gasteiger partial charge in [0.1, 0.15) is 18.2 Å². The predicted molar refractivity (Wildman–Crippen MR) is 91.1 cm³/mol. The van der Waals surface area contributed by atoms with Crippen molar-refractivity contribution in [3.05, 3.63) is 35.4 Å². The van der Waals surface area contributed by atoms with Crippen LogP contribution < -0.4 is 5.32 Å². The second-order valence-electron chi connectivity index (χ2n) is 7.20. The number of alkyl carbamates (subject to hydrolysis) is 1. The van der Waals surface area contributed by atoms with E-state index in [1.54, 1.807) is 20.8 Å². The van der Waals surface area contributed by atoms with Crippen molar-refractivity contribution in [1.29, 1.82) is 0 Å². The zero-order chi connectivity index (χ0) is 18.8. The Labute approximate surface area is 147 Å². The Balaban J connectivity index is 2.33. The highest BCUT2D eigenvalue weighted by atomic mass is 16.6. The number of amides is 2. The van der Waals surface area contributed by atoms with Crippen molar-refractivity contribution >= 4 is 18.0 Å². The summed E-state index contributed by atoms with van der Waals surface area (Å²) in [5, 5.41) is 11.7. The largest absolute Gasteiger partial charge is 0.480 e. The van der Waals surface area contributed by atoms with Gasteiger partial charge in [0.15, 0.2) is 0 Å². The van der Waals surface area contributed by atoms with Crippen molar-refractivity contribution in [1.82, 2.24) is 10.2 Å². The summed E-state index contributed by atoms with van der Waals surface area (Å²) in [6, 6.07) is 6.57. The third-order valence-corrected chi connectivity index (χ3v) is 3.98. The molecule has 136 valence electrons. The molecule has 1 heterocycles. The molecule has 0 spiro atoms. The van der Waals surface area contributed by atoms with Gasteiger partial charge in [-0.3, -0.25) is 9.59 Å². The Hall–Kier alpha value is -2.57. The third-order valence-electron chi connectivity index (χ3n) is 3.98. The Kier molecular flexibility index (Phi) is 5.35. The molecule has 0 saturated carbocycles. The number of hydrogen-bond donors (Lipinski definition) is 2. The molecule has 1 aromatic carbocycles. The summed E-state index contributed by atoms with van der Waals surface area (Å²) >= 11 is 0. The van der Waals surface area contributed by atoms with Gasteiger partial charge in [0.2, 0.25) is 5.91 Å². The van der Waals surface area contributed by atoms with Crippen molar-refractivity contribution < 1.29 is 24.2 Å². The molecule has 0 bridgehead atoms. The van der Waals surface area contributed by atoms with E-state index in [-0.39, 0.29) is 12.5 Å². The summed E-state index contributed by atoms with van der Waals surface area (Å²) in [5.41, 5.74) is 1.09. The van der Waals surface area contributed by atoms with E-state index in [0.717, 1.165) is 11.1 Å². The van der Waals surface area contributed by atoms with Crippen LogP contribution in [0.15, 0.2) is 24.3 Å². The minimum absolute atomic E-state index is 0.193. The number of nitrogens with one attached hydrogen (secondary N) is 1. The number of rotatable bonds is 3. The fourth-order valence-electron chi connectivity index (χ4n) is 2.91. The quantitative estimate of drug-likeness (QED) is 0.872. The van der Waals surface area contributed by atoms with Gasteiger partial charge in [0.25, 0.3) is 0 Å². The number of carboxylic acids is 1. The lowest BCUT2D eigenvalue weighted by atomic mass is 9.91. The van der Waals surface area contributed by atoms with Crippen LogP contribution in [-0.2, 0) is 20.9 Å². The summed E-state index contributed by atoms with van der Waals surface area (Å²) in [6.45, 7) is 6.80. The smallest absolute Gasteiger partial charge is 0.408 e. The highest BCUT2D eigenvalue weighted by Crippen LogP contribution is 2.29. The van der Waals surface area contributed by atoms with E-state index >= 15 is 0 Å². The van der Waals surface area contributed by atoms with Gasteiger partial charge in [-0.05, 0) is 31.9 Å². The molecule has 2 amide bonds. The number of carboxylic acid groups (broad SMARTS) is 1. The molecule has 0 aromatic heterocycles. The molecule has 7 heteroatoms. The minimum atomic E-state index is -1.10. The normalized spacial score (nSPS) is 20.5. The summed E-state index contributed by atoms with van der Waals surface area (Å²) in [4.78, 5) is 37.4. The second-order valence-corrected chi connectivity index (χ2v) is 7.20. The number of aliphatic carboxylic acids is 1. The number of ether oxygens (including phenoxy) is 1. The lowest BCUT2D eigenvalue weighted by molar-refractivity contribution is -0.145. The average Bonchev–Trinajstić information content (AvgIpc) is 2.57. The molecule has 7 nitrogen and oxygen atoms in total. The topological polar surface area (TPSA) is 95.9 Å². The first-order valence-electron chi connectivity index (χ1n) is 8.16. The Morgan fingerprint density at radius 2 is 1.96 bits per heavy atom. The van der Waals surface area contributed by atoms with Gasteiger partial charge in [-0.1, -0.05) is 31.2 Å². The number of hydrogen-bond acceptors (Lipinski definition) is 4. The molecule has 1 aromatic rings. The molecule has 25 heavy (non-hydrogen) atoms. The van der Waals surface area contributed by atoms with Crippen molar-refractivity contribution in [3.8, 4) is 0 Å². The number of benzene rings is 1. The maximum Gasteiger partial charge on any atom is 0.408 e. The van der Waals surface area contributed by atoms with E-state index in [1.807, 2.05) is 31.2 Å². The van der Waals surface area contributed by atoms with Gasteiger partial charge in [0, 0.05) is 12.5 Å². The third kappa shape index (κ3) is 4.71. The fourth-order valence-corrected chi connectivity index (χ4v) is 2.91. The van der Waals surface area contributed by atoms with Gasteiger partial charge in [0.05, 0.1) is 0 Å². The molecular formula is C18H24N2O5. The zero-order valence-corrected chi connectivity index (χ0v) is 14.9. The van der Waals surface area contributed by atoms with Crippen LogP contribution in [0.25, 0.3) is 0 Å². The second kappa shape index (κ2) is 7.13. The molecule has 0 unspecified atom stereocenters. The zero-order valence-electron chi connectivity index (χ0n) is 14.9. The van der Waals surface area contributed by atoms with Crippen LogP contribution in [0.4, 0.5) is 4.79 Å². The van der Waals surface area contributed by atoms with Crippen molar-refractivity contribution in [2.45, 2.75) is 51.8 Å². The number of carbonyl (C=O) groups excluding carboxylic acids is 2. The number of nitrogens with zero attached hydrogens (tertiary/aromatic N) is 1. The molecule has 0 fully saturated rings. The van der Waals surface area contributed by atoms with Crippen LogP contribution in [0.2, 0.25) is 0 Å². The molecular weight excluding hydrogens is 324 g/mol. The highest BCUT2D eigenvalue weighted by molar-refractivity contribution is 5.89. The lowest BCUT2D eigenvalue weighted by Gasteiger charge is -2.28. The molecule has 1 aliphatic heterocycles. The van der Waals surface area contributed by atoms with E-state index in [9.17, 15) is 14.4 Å². The van der Waals surface area contributed by atoms with E-state index in [4.69, 9.17) is 9.84 Å². The number of carbonyl (C=O) groups is 3. The predicted octanol–water partition coefficient (Wildman–Crippen LogP) is 2.11. The van der Waals surface area contributed by atoms with Crippen LogP contribution in [0.3, 0.4) is 0 Å². The summed E-state index contributed by atoms with van der Waals surface area (Å²) in [5.74, 6) is -1.84. The van der Waals surface area contributed by atoms with E-state index in [1.165, 1.54) is 4.90 Å². The molecule has 0 radical (unpaired) electrons. The molecule has 0 saturated heterocycles. The van der Waals surface area contributed by atoms with Gasteiger partial charge in [-0.15, -0.1) is 0 Å². The summed E-state index contributed by atoms with van der Waals surface area (Å²) in [6.07, 6.45) is -0.702. The maximum atomic E-state index is 12.9. The van der Waals surface area contributed by atoms with Crippen molar-refractivity contribution in [2.75, 3.05) is 6.54 Å². The van der Waals surface area contributed by atoms with Gasteiger partial charge < -0.3 is 20.1 Å². The summed E-state index contributed by atoms with van der Waals surface area (Å²) in [7, 11) is 0. The first-order valence-corrected chi connectivity index (χ1v) is 8.16. The van der Waals surface area contributed by atoms with Crippen molar-refractivity contribution in [2.24, 2.45) is 0 Å². The van der Waals surface area contributed by atoms with E-state index < -0.39 is 36.2 Å². The Morgan fingerprint density at radius 1 is 1.32 bits per heavy atom. The molecule has 2 atom stereocenters. The Morgan fingerprint density at radius 3 is 2.56 bits per heavy atom. The van der Waals surface area contributed by atoms with E-state index in [0.29, 0.717) is 0 Å². The number of fused-ring (bicyclic) bond motifs is 1. The monoisotopic (exact) mass is 348 g/mol. The average molecular weight is 348 g/mol. The first kappa shape index (κ1) is 18.8. The van der Waals surface area contributed by atoms with Crippen LogP contribution in [0.5, 0.6) is 0 Å². The standard InChI is InChI=1S/C18H24N2O5/c1-11-13-8-6-5-7-12(13)9-20(10-14(21)22)16(23)15(11)19-17(24)25-18(2,3)4/h5-8,11,15H,9-10H2,1-4H3,(H,19,24)(H,21,22)/t11-,15-/m1/s1. The molecule has 1 aliphatic rings. The molecule has 0 aliphatic carbocycles. The highest BCUT2D eigenvalue weighted by Gasteiger charge is 2.37. The van der Waals surface area contributed by atoms with E-state index in [2.05, 4.69) is 5.32 Å². The minimum Gasteiger partial charge on any atom is -0.480 e. The van der Waals surface area contributed by atoms with Gasteiger partial charge in [-0.2, -0.15) is 0 Å². The fraction of sp³-hybridized carbons (Fsp3) is 0.500. The van der Waals surface area contributed by atoms with Gasteiger partial charge >= 0.3 is 12.1 Å². The van der Waals surface area contributed by atoms with Crippen LogP contribution in [0, 0.1) is 0 Å². The molecule has 2 rings (SSSR count). The maximum absolute atomic E-state index is 12.9. The first-order chi connectivity index (χ1) is 11.6. The van der Waals surface area contributed by atoms with Gasteiger partial charge in [-0.25, -0.2) is 4.79 Å². The van der Waals surface area contributed by atoms with Crippen LogP contribution >= 0.6 is 0 Å². The van der Waals surface area contributed by atoms with Crippen LogP contribution in [0.1, 0.15) is 44.7 Å².